The third-order valence-corrected chi connectivity index (χ3v) is 4.04. The van der Waals surface area contributed by atoms with Crippen molar-refractivity contribution >= 4 is 34.8 Å². The van der Waals surface area contributed by atoms with Gasteiger partial charge in [-0.15, -0.1) is 0 Å². The van der Waals surface area contributed by atoms with Crippen molar-refractivity contribution in [2.24, 2.45) is 0 Å². The minimum absolute atomic E-state index is 0.136. The van der Waals surface area contributed by atoms with Gasteiger partial charge in [0.15, 0.2) is 0 Å². The summed E-state index contributed by atoms with van der Waals surface area (Å²) in [7, 11) is 0. The van der Waals surface area contributed by atoms with Crippen LogP contribution in [0.2, 0.25) is 5.02 Å². The highest BCUT2D eigenvalue weighted by Crippen LogP contribution is 2.15. The molecule has 0 spiro atoms. The zero-order chi connectivity index (χ0) is 18.9. The van der Waals surface area contributed by atoms with Crippen molar-refractivity contribution < 1.29 is 9.59 Å². The Morgan fingerprint density at radius 1 is 1.00 bits per heavy atom. The summed E-state index contributed by atoms with van der Waals surface area (Å²) in [6.07, 6.45) is 0.849. The highest BCUT2D eigenvalue weighted by atomic mass is 35.5. The first kappa shape index (κ1) is 19.9. The summed E-state index contributed by atoms with van der Waals surface area (Å²) in [5.74, 6) is -0.312. The number of nitrogens with zero attached hydrogens (tertiary/aromatic N) is 1. The second kappa shape index (κ2) is 9.94. The van der Waals surface area contributed by atoms with Crippen LogP contribution in [0.1, 0.15) is 18.9 Å². The van der Waals surface area contributed by atoms with Crippen LogP contribution in [-0.4, -0.2) is 36.3 Å². The van der Waals surface area contributed by atoms with Gasteiger partial charge in [0.05, 0.1) is 13.1 Å². The first-order valence-electron chi connectivity index (χ1n) is 8.61. The maximum Gasteiger partial charge on any atom is 0.238 e. The van der Waals surface area contributed by atoms with E-state index in [4.69, 9.17) is 11.6 Å². The minimum atomic E-state index is -0.176. The van der Waals surface area contributed by atoms with Gasteiger partial charge in [-0.1, -0.05) is 42.8 Å². The van der Waals surface area contributed by atoms with Crippen LogP contribution in [0.25, 0.3) is 0 Å². The van der Waals surface area contributed by atoms with E-state index in [0.29, 0.717) is 17.3 Å². The summed E-state index contributed by atoms with van der Waals surface area (Å²) in [6, 6.07) is 14.6. The third kappa shape index (κ3) is 6.50. The maximum atomic E-state index is 12.3. The van der Waals surface area contributed by atoms with E-state index in [1.807, 2.05) is 43.0 Å². The monoisotopic (exact) mass is 373 g/mol. The summed E-state index contributed by atoms with van der Waals surface area (Å²) in [5.41, 5.74) is 2.43. The summed E-state index contributed by atoms with van der Waals surface area (Å²) in [6.45, 7) is 4.91. The molecule has 0 atom stereocenters. The van der Waals surface area contributed by atoms with Gasteiger partial charge < -0.3 is 10.6 Å². The summed E-state index contributed by atoms with van der Waals surface area (Å²) in [5, 5.41) is 6.27. The lowest BCUT2D eigenvalue weighted by molar-refractivity contribution is -0.120. The Kier molecular flexibility index (Phi) is 7.63. The molecule has 0 aliphatic heterocycles. The van der Waals surface area contributed by atoms with Crippen molar-refractivity contribution in [2.45, 2.75) is 20.3 Å². The fourth-order valence-electron chi connectivity index (χ4n) is 2.61. The van der Waals surface area contributed by atoms with E-state index in [2.05, 4.69) is 10.6 Å². The van der Waals surface area contributed by atoms with Gasteiger partial charge in [-0.25, -0.2) is 0 Å². The molecule has 0 saturated carbocycles. The van der Waals surface area contributed by atoms with Gasteiger partial charge in [0.1, 0.15) is 0 Å². The smallest absolute Gasteiger partial charge is 0.238 e. The van der Waals surface area contributed by atoms with Gasteiger partial charge in [-0.05, 0) is 49.7 Å². The van der Waals surface area contributed by atoms with Crippen molar-refractivity contribution in [2.75, 3.05) is 30.3 Å². The molecule has 0 bridgehead atoms. The molecule has 6 heteroatoms. The lowest BCUT2D eigenvalue weighted by atomic mass is 10.2. The summed E-state index contributed by atoms with van der Waals surface area (Å²) >= 11 is 5.93. The molecule has 0 aliphatic rings. The second-order valence-electron chi connectivity index (χ2n) is 6.13. The quantitative estimate of drug-likeness (QED) is 0.736. The van der Waals surface area contributed by atoms with E-state index in [1.165, 1.54) is 0 Å². The number of nitrogens with one attached hydrogen (secondary N) is 2. The lowest BCUT2D eigenvalue weighted by Crippen LogP contribution is -2.39. The number of aryl methyl sites for hydroxylation is 1. The highest BCUT2D eigenvalue weighted by molar-refractivity contribution is 6.30. The van der Waals surface area contributed by atoms with Crippen molar-refractivity contribution in [3.05, 3.63) is 59.1 Å². The average molecular weight is 374 g/mol. The number of benzene rings is 2. The largest absolute Gasteiger partial charge is 0.325 e. The molecule has 2 aromatic carbocycles. The molecule has 0 radical (unpaired) electrons. The molecule has 0 fully saturated rings. The molecule has 138 valence electrons. The van der Waals surface area contributed by atoms with E-state index in [1.54, 1.807) is 24.3 Å². The van der Waals surface area contributed by atoms with Gasteiger partial charge >= 0.3 is 0 Å². The Bertz CT molecular complexity index is 764. The van der Waals surface area contributed by atoms with Crippen LogP contribution in [0, 0.1) is 6.92 Å². The molecule has 0 aliphatic carbocycles. The topological polar surface area (TPSA) is 61.4 Å². The molecular formula is C20H24ClN3O2. The van der Waals surface area contributed by atoms with Gasteiger partial charge in [0.2, 0.25) is 11.8 Å². The molecular weight excluding hydrogens is 350 g/mol. The number of carbonyl (C=O) groups excluding carboxylic acids is 2. The predicted molar refractivity (Wildman–Crippen MR) is 107 cm³/mol. The molecule has 0 saturated heterocycles. The maximum absolute atomic E-state index is 12.3. The Labute approximate surface area is 159 Å². The van der Waals surface area contributed by atoms with E-state index in [9.17, 15) is 9.59 Å². The van der Waals surface area contributed by atoms with Crippen molar-refractivity contribution in [1.29, 1.82) is 0 Å². The number of hydrogen-bond acceptors (Lipinski definition) is 3. The third-order valence-electron chi connectivity index (χ3n) is 3.80. The number of hydrogen-bond donors (Lipinski definition) is 2. The van der Waals surface area contributed by atoms with E-state index >= 15 is 0 Å². The number of amides is 2. The number of halogens is 1. The lowest BCUT2D eigenvalue weighted by Gasteiger charge is -2.21. The zero-order valence-electron chi connectivity index (χ0n) is 15.1. The normalized spacial score (nSPS) is 10.6. The van der Waals surface area contributed by atoms with Gasteiger partial charge in [0.25, 0.3) is 0 Å². The van der Waals surface area contributed by atoms with Crippen LogP contribution in [0.5, 0.6) is 0 Å². The first-order valence-corrected chi connectivity index (χ1v) is 8.99. The zero-order valence-corrected chi connectivity index (χ0v) is 15.8. The van der Waals surface area contributed by atoms with E-state index in [0.717, 1.165) is 17.7 Å². The molecule has 2 aromatic rings. The second-order valence-corrected chi connectivity index (χ2v) is 6.57. The average Bonchev–Trinajstić information content (AvgIpc) is 2.57. The van der Waals surface area contributed by atoms with Crippen LogP contribution in [0.4, 0.5) is 11.4 Å². The van der Waals surface area contributed by atoms with Crippen LogP contribution in [-0.2, 0) is 9.59 Å². The van der Waals surface area contributed by atoms with Crippen molar-refractivity contribution in [1.82, 2.24) is 4.90 Å². The molecule has 2 rings (SSSR count). The van der Waals surface area contributed by atoms with E-state index in [-0.39, 0.29) is 24.9 Å². The number of rotatable bonds is 8. The first-order chi connectivity index (χ1) is 12.5. The minimum Gasteiger partial charge on any atom is -0.325 e. The molecule has 0 aromatic heterocycles. The molecule has 26 heavy (non-hydrogen) atoms. The van der Waals surface area contributed by atoms with Crippen LogP contribution >= 0.6 is 11.6 Å². The SMILES string of the molecule is CCCN(CC(=O)Nc1cccc(Cl)c1)CC(=O)Nc1ccccc1C. The number of para-hydroxylation sites is 1. The fourth-order valence-corrected chi connectivity index (χ4v) is 2.80. The summed E-state index contributed by atoms with van der Waals surface area (Å²) in [4.78, 5) is 26.4. The van der Waals surface area contributed by atoms with Gasteiger partial charge in [0, 0.05) is 16.4 Å². The molecule has 2 N–H and O–H groups in total. The molecule has 0 heterocycles. The standard InChI is InChI=1S/C20H24ClN3O2/c1-3-11-24(13-19(25)22-17-9-6-8-16(21)12-17)14-20(26)23-18-10-5-4-7-15(18)2/h4-10,12H,3,11,13-14H2,1-2H3,(H,22,25)(H,23,26). The molecule has 0 unspecified atom stereocenters. The van der Waals surface area contributed by atoms with Gasteiger partial charge in [-0.2, -0.15) is 0 Å². The Hall–Kier alpha value is -2.37. The number of carbonyl (C=O) groups is 2. The van der Waals surface area contributed by atoms with Gasteiger partial charge in [-0.3, -0.25) is 14.5 Å². The predicted octanol–water partition coefficient (Wildman–Crippen LogP) is 3.94. The molecule has 5 nitrogen and oxygen atoms in total. The Morgan fingerprint density at radius 2 is 1.69 bits per heavy atom. The number of anilines is 2. The van der Waals surface area contributed by atoms with Crippen LogP contribution < -0.4 is 10.6 Å². The summed E-state index contributed by atoms with van der Waals surface area (Å²) < 4.78 is 0. The van der Waals surface area contributed by atoms with Crippen molar-refractivity contribution in [3.8, 4) is 0 Å². The van der Waals surface area contributed by atoms with Crippen LogP contribution in [0.15, 0.2) is 48.5 Å². The fraction of sp³-hybridized carbons (Fsp3) is 0.300. The van der Waals surface area contributed by atoms with Crippen molar-refractivity contribution in [3.63, 3.8) is 0 Å². The molecule has 2 amide bonds. The van der Waals surface area contributed by atoms with E-state index < -0.39 is 0 Å². The van der Waals surface area contributed by atoms with Crippen LogP contribution in [0.3, 0.4) is 0 Å². The highest BCUT2D eigenvalue weighted by Gasteiger charge is 2.15. The Morgan fingerprint density at radius 3 is 2.35 bits per heavy atom. The Balaban J connectivity index is 1.92.